The number of aromatic nitrogens is 1. The maximum atomic E-state index is 13.5. The topological polar surface area (TPSA) is 88.6 Å². The Hall–Kier alpha value is -2.55. The van der Waals surface area contributed by atoms with E-state index < -0.39 is 29.3 Å². The number of benzene rings is 1. The van der Waals surface area contributed by atoms with Gasteiger partial charge < -0.3 is 19.6 Å². The summed E-state index contributed by atoms with van der Waals surface area (Å²) in [5.41, 5.74) is -4.85. The Morgan fingerprint density at radius 3 is 2.50 bits per heavy atom. The Morgan fingerprint density at radius 2 is 1.96 bits per heavy atom. The van der Waals surface area contributed by atoms with E-state index in [1.165, 1.54) is 25.1 Å². The van der Waals surface area contributed by atoms with Crippen LogP contribution in [0.3, 0.4) is 0 Å². The molecule has 0 radical (unpaired) electrons. The molecule has 0 saturated carbocycles. The molecule has 0 aliphatic rings. The van der Waals surface area contributed by atoms with Crippen LogP contribution in [0.15, 0.2) is 24.4 Å². The van der Waals surface area contributed by atoms with Crippen molar-refractivity contribution in [2.45, 2.75) is 18.7 Å². The monoisotopic (exact) mass is 345 g/mol. The number of H-pyrrole nitrogens is 1. The number of halogens is 3. The van der Waals surface area contributed by atoms with E-state index in [9.17, 15) is 27.9 Å². The second-order valence-electron chi connectivity index (χ2n) is 4.85. The number of fused-ring (bicyclic) bond motifs is 1. The summed E-state index contributed by atoms with van der Waals surface area (Å²) in [5, 5.41) is 9.95. The van der Waals surface area contributed by atoms with Gasteiger partial charge in [0.15, 0.2) is 0 Å². The minimum absolute atomic E-state index is 0.125. The van der Waals surface area contributed by atoms with Crippen LogP contribution in [-0.2, 0) is 19.9 Å². The number of rotatable bonds is 4. The van der Waals surface area contributed by atoms with Crippen molar-refractivity contribution in [2.75, 3.05) is 13.7 Å². The van der Waals surface area contributed by atoms with E-state index in [0.29, 0.717) is 0 Å². The standard InChI is InChI=1S/C15H14F3NO5/c1-3-24-13(21)14(22,15(16,17)18)9-7-19-10-6-4-5-8(11(9)10)12(20)23-2/h4-7,19,22H,3H2,1-2H3/t14-/m1/s1. The number of hydrogen-bond acceptors (Lipinski definition) is 5. The number of methoxy groups -OCH3 is 1. The Kier molecular flexibility index (Phi) is 4.57. The predicted octanol–water partition coefficient (Wildman–Crippen LogP) is 2.27. The number of nitrogens with one attached hydrogen (secondary N) is 1. The van der Waals surface area contributed by atoms with E-state index in [-0.39, 0.29) is 23.1 Å². The molecule has 0 spiro atoms. The molecular formula is C15H14F3NO5. The molecule has 9 heteroatoms. The van der Waals surface area contributed by atoms with Crippen molar-refractivity contribution < 1.29 is 37.3 Å². The lowest BCUT2D eigenvalue weighted by atomic mass is 9.90. The highest BCUT2D eigenvalue weighted by molar-refractivity contribution is 6.07. The van der Waals surface area contributed by atoms with Crippen molar-refractivity contribution in [1.29, 1.82) is 0 Å². The van der Waals surface area contributed by atoms with Crippen LogP contribution in [-0.4, -0.2) is 41.9 Å². The second kappa shape index (κ2) is 6.16. The molecule has 0 unspecified atom stereocenters. The minimum atomic E-state index is -5.36. The van der Waals surface area contributed by atoms with Gasteiger partial charge in [0, 0.05) is 22.7 Å². The van der Waals surface area contributed by atoms with E-state index in [4.69, 9.17) is 0 Å². The Balaban J connectivity index is 2.81. The van der Waals surface area contributed by atoms with Gasteiger partial charge in [-0.3, -0.25) is 0 Å². The van der Waals surface area contributed by atoms with Gasteiger partial charge in [-0.15, -0.1) is 0 Å². The summed E-state index contributed by atoms with van der Waals surface area (Å²) in [7, 11) is 1.06. The van der Waals surface area contributed by atoms with E-state index in [1.807, 2.05) is 0 Å². The first-order valence-corrected chi connectivity index (χ1v) is 6.83. The molecule has 1 heterocycles. The summed E-state index contributed by atoms with van der Waals surface area (Å²) >= 11 is 0. The zero-order valence-electron chi connectivity index (χ0n) is 12.7. The average molecular weight is 345 g/mol. The molecule has 2 rings (SSSR count). The van der Waals surface area contributed by atoms with Gasteiger partial charge in [0.05, 0.1) is 19.3 Å². The Morgan fingerprint density at radius 1 is 1.29 bits per heavy atom. The fraction of sp³-hybridized carbons (Fsp3) is 0.333. The lowest BCUT2D eigenvalue weighted by molar-refractivity contribution is -0.267. The molecule has 1 aromatic heterocycles. The van der Waals surface area contributed by atoms with E-state index in [0.717, 1.165) is 13.3 Å². The van der Waals surface area contributed by atoms with Gasteiger partial charge in [-0.2, -0.15) is 13.2 Å². The van der Waals surface area contributed by atoms with Crippen LogP contribution < -0.4 is 0 Å². The Labute approximate surface area is 134 Å². The lowest BCUT2D eigenvalue weighted by Crippen LogP contribution is -2.50. The van der Waals surface area contributed by atoms with Crippen LogP contribution in [0.4, 0.5) is 13.2 Å². The molecule has 2 N–H and O–H groups in total. The summed E-state index contributed by atoms with van der Waals surface area (Å²) in [5.74, 6) is -2.78. The molecule has 0 aliphatic heterocycles. The van der Waals surface area contributed by atoms with E-state index in [2.05, 4.69) is 14.5 Å². The fourth-order valence-electron chi connectivity index (χ4n) is 2.36. The maximum Gasteiger partial charge on any atom is 0.432 e. The molecule has 1 aromatic carbocycles. The van der Waals surface area contributed by atoms with Gasteiger partial charge in [-0.1, -0.05) is 6.07 Å². The fourth-order valence-corrected chi connectivity index (χ4v) is 2.36. The number of carbonyl (C=O) groups excluding carboxylic acids is 2. The molecule has 2 aromatic rings. The average Bonchev–Trinajstić information content (AvgIpc) is 2.96. The quantitative estimate of drug-likeness (QED) is 0.830. The largest absolute Gasteiger partial charge is 0.465 e. The zero-order valence-corrected chi connectivity index (χ0v) is 12.7. The summed E-state index contributed by atoms with van der Waals surface area (Å²) < 4.78 is 49.4. The molecule has 130 valence electrons. The minimum Gasteiger partial charge on any atom is -0.465 e. The molecule has 24 heavy (non-hydrogen) atoms. The van der Waals surface area contributed by atoms with Crippen molar-refractivity contribution in [1.82, 2.24) is 4.98 Å². The van der Waals surface area contributed by atoms with Crippen LogP contribution in [0.2, 0.25) is 0 Å². The smallest absolute Gasteiger partial charge is 0.432 e. The summed E-state index contributed by atoms with van der Waals surface area (Å²) in [6.07, 6.45) is -4.54. The van der Waals surface area contributed by atoms with Crippen molar-refractivity contribution in [3.8, 4) is 0 Å². The van der Waals surface area contributed by atoms with Gasteiger partial charge in [-0.05, 0) is 19.1 Å². The summed E-state index contributed by atoms with van der Waals surface area (Å²) in [4.78, 5) is 26.2. The highest BCUT2D eigenvalue weighted by Crippen LogP contribution is 2.43. The molecule has 6 nitrogen and oxygen atoms in total. The van der Waals surface area contributed by atoms with Gasteiger partial charge in [-0.25, -0.2) is 9.59 Å². The highest BCUT2D eigenvalue weighted by Gasteiger charge is 2.63. The van der Waals surface area contributed by atoms with Crippen molar-refractivity contribution in [3.05, 3.63) is 35.5 Å². The first kappa shape index (κ1) is 17.8. The maximum absolute atomic E-state index is 13.5. The van der Waals surface area contributed by atoms with E-state index in [1.54, 1.807) is 0 Å². The van der Waals surface area contributed by atoms with Gasteiger partial charge in [0.25, 0.3) is 5.60 Å². The molecular weight excluding hydrogens is 331 g/mol. The molecule has 1 atom stereocenters. The highest BCUT2D eigenvalue weighted by atomic mass is 19.4. The van der Waals surface area contributed by atoms with Gasteiger partial charge in [0.2, 0.25) is 0 Å². The number of carbonyl (C=O) groups is 2. The van der Waals surface area contributed by atoms with Crippen LogP contribution in [0, 0.1) is 0 Å². The van der Waals surface area contributed by atoms with Gasteiger partial charge >= 0.3 is 18.1 Å². The number of hydrogen-bond donors (Lipinski definition) is 2. The third-order valence-electron chi connectivity index (χ3n) is 3.48. The third-order valence-corrected chi connectivity index (χ3v) is 3.48. The number of alkyl halides is 3. The normalized spacial score (nSPS) is 14.2. The van der Waals surface area contributed by atoms with Crippen LogP contribution >= 0.6 is 0 Å². The molecule has 0 aliphatic carbocycles. The third kappa shape index (κ3) is 2.60. The first-order chi connectivity index (χ1) is 11.2. The first-order valence-electron chi connectivity index (χ1n) is 6.83. The molecule has 0 amide bonds. The number of ether oxygens (including phenoxy) is 2. The molecule has 0 bridgehead atoms. The zero-order chi connectivity index (χ0) is 18.1. The van der Waals surface area contributed by atoms with Crippen LogP contribution in [0.1, 0.15) is 22.8 Å². The molecule has 0 fully saturated rings. The van der Waals surface area contributed by atoms with Gasteiger partial charge in [0.1, 0.15) is 0 Å². The van der Waals surface area contributed by atoms with Crippen LogP contribution in [0.5, 0.6) is 0 Å². The SMILES string of the molecule is CCOC(=O)[C@](O)(c1c[nH]c2cccc(C(=O)OC)c12)C(F)(F)F. The number of esters is 2. The summed E-state index contributed by atoms with van der Waals surface area (Å²) in [6, 6.07) is 4.05. The van der Waals surface area contributed by atoms with Crippen molar-refractivity contribution in [2.24, 2.45) is 0 Å². The number of aromatic amines is 1. The lowest BCUT2D eigenvalue weighted by Gasteiger charge is -2.28. The van der Waals surface area contributed by atoms with Crippen molar-refractivity contribution >= 4 is 22.8 Å². The van der Waals surface area contributed by atoms with Crippen LogP contribution in [0.25, 0.3) is 10.9 Å². The number of aliphatic hydroxyl groups is 1. The summed E-state index contributed by atoms with van der Waals surface area (Å²) in [6.45, 7) is 0.952. The second-order valence-corrected chi connectivity index (χ2v) is 4.85. The predicted molar refractivity (Wildman–Crippen MR) is 76.2 cm³/mol. The molecule has 0 saturated heterocycles. The van der Waals surface area contributed by atoms with E-state index >= 15 is 0 Å². The Bertz CT molecular complexity index is 783. The van der Waals surface area contributed by atoms with Crippen molar-refractivity contribution in [3.63, 3.8) is 0 Å².